The van der Waals surface area contributed by atoms with Gasteiger partial charge in [-0.1, -0.05) is 68.3 Å². The highest BCUT2D eigenvalue weighted by atomic mass is 16.3. The molecule has 3 heterocycles. The Morgan fingerprint density at radius 3 is 2.50 bits per heavy atom. The molecule has 3 aliphatic rings. The molecule has 0 N–H and O–H groups in total. The lowest BCUT2D eigenvalue weighted by Crippen LogP contribution is -2.51. The van der Waals surface area contributed by atoms with Gasteiger partial charge in [-0.05, 0) is 47.7 Å². The zero-order valence-electron chi connectivity index (χ0n) is 23.2. The van der Waals surface area contributed by atoms with Crippen LogP contribution in [0.3, 0.4) is 0 Å². The minimum absolute atomic E-state index is 0.00177. The van der Waals surface area contributed by atoms with Crippen LogP contribution >= 0.6 is 0 Å². The molecule has 208 valence electrons. The molecule has 2 aliphatic heterocycles. The molecule has 3 amide bonds. The van der Waals surface area contributed by atoms with Gasteiger partial charge in [0, 0.05) is 43.7 Å². The van der Waals surface area contributed by atoms with Crippen LogP contribution in [0.15, 0.2) is 77.1 Å². The molecular weight excluding hydrogens is 502 g/mol. The molecule has 0 spiro atoms. The molecular formula is C33H37N3O4. The lowest BCUT2D eigenvalue weighted by atomic mass is 9.71. The van der Waals surface area contributed by atoms with Crippen LogP contribution < -0.4 is 0 Å². The van der Waals surface area contributed by atoms with Crippen LogP contribution in [0.5, 0.6) is 0 Å². The zero-order valence-corrected chi connectivity index (χ0v) is 23.2. The van der Waals surface area contributed by atoms with Gasteiger partial charge >= 0.3 is 0 Å². The van der Waals surface area contributed by atoms with Crippen molar-refractivity contribution in [2.45, 2.75) is 52.0 Å². The number of nitrogens with zero attached hydrogens (tertiary/aromatic N) is 3. The van der Waals surface area contributed by atoms with Gasteiger partial charge < -0.3 is 19.1 Å². The predicted octanol–water partition coefficient (Wildman–Crippen LogP) is 5.62. The lowest BCUT2D eigenvalue weighted by molar-refractivity contribution is -0.140. The molecule has 1 aromatic heterocycles. The number of hydrogen-bond donors (Lipinski definition) is 0. The van der Waals surface area contributed by atoms with Gasteiger partial charge in [0.15, 0.2) is 5.76 Å². The van der Waals surface area contributed by atoms with Crippen molar-refractivity contribution in [2.24, 2.45) is 11.3 Å². The first-order valence-corrected chi connectivity index (χ1v) is 14.5. The van der Waals surface area contributed by atoms with Gasteiger partial charge in [-0.25, -0.2) is 0 Å². The Bertz CT molecular complexity index is 1430. The maximum atomic E-state index is 14.2. The first kappa shape index (κ1) is 26.4. The summed E-state index contributed by atoms with van der Waals surface area (Å²) < 4.78 is 5.26. The molecule has 1 aliphatic carbocycles. The van der Waals surface area contributed by atoms with E-state index in [0.717, 1.165) is 54.1 Å². The summed E-state index contributed by atoms with van der Waals surface area (Å²) in [6, 6.07) is 17.9. The number of hydrogen-bond acceptors (Lipinski definition) is 4. The Morgan fingerprint density at radius 1 is 0.925 bits per heavy atom. The number of furan rings is 1. The molecule has 0 saturated carbocycles. The molecule has 2 saturated heterocycles. The van der Waals surface area contributed by atoms with Gasteiger partial charge in [0.05, 0.1) is 18.7 Å². The average Bonchev–Trinajstić information content (AvgIpc) is 3.57. The van der Waals surface area contributed by atoms with Crippen LogP contribution in [-0.2, 0) is 16.1 Å². The summed E-state index contributed by atoms with van der Waals surface area (Å²) in [5, 5.41) is 2.32. The maximum absolute atomic E-state index is 14.2. The topological polar surface area (TPSA) is 74.1 Å². The average molecular weight is 540 g/mol. The molecule has 0 unspecified atom stereocenters. The van der Waals surface area contributed by atoms with Gasteiger partial charge in [-0.15, -0.1) is 0 Å². The van der Waals surface area contributed by atoms with E-state index >= 15 is 0 Å². The van der Waals surface area contributed by atoms with E-state index < -0.39 is 0 Å². The number of allylic oxidation sites excluding steroid dienone is 2. The Labute approximate surface area is 235 Å². The largest absolute Gasteiger partial charge is 0.459 e. The molecule has 0 bridgehead atoms. The molecule has 3 aromatic rings. The third kappa shape index (κ3) is 4.82. The van der Waals surface area contributed by atoms with Crippen molar-refractivity contribution >= 4 is 28.5 Å². The minimum Gasteiger partial charge on any atom is -0.459 e. The second-order valence-corrected chi connectivity index (χ2v) is 11.6. The fourth-order valence-corrected chi connectivity index (χ4v) is 6.86. The highest BCUT2D eigenvalue weighted by Gasteiger charge is 2.53. The number of benzene rings is 2. The Kier molecular flexibility index (Phi) is 7.22. The van der Waals surface area contributed by atoms with Crippen molar-refractivity contribution in [3.63, 3.8) is 0 Å². The Balaban J connectivity index is 1.21. The van der Waals surface area contributed by atoms with Gasteiger partial charge in [-0.3, -0.25) is 14.4 Å². The molecule has 6 rings (SSSR count). The van der Waals surface area contributed by atoms with Crippen LogP contribution in [-0.4, -0.2) is 58.6 Å². The predicted molar refractivity (Wildman–Crippen MR) is 153 cm³/mol. The molecule has 7 nitrogen and oxygen atoms in total. The van der Waals surface area contributed by atoms with Crippen LogP contribution in [0.4, 0.5) is 0 Å². The number of amides is 3. The van der Waals surface area contributed by atoms with E-state index in [0.29, 0.717) is 38.5 Å². The maximum Gasteiger partial charge on any atom is 0.289 e. The Morgan fingerprint density at radius 2 is 1.70 bits per heavy atom. The van der Waals surface area contributed by atoms with Crippen molar-refractivity contribution in [2.75, 3.05) is 26.2 Å². The monoisotopic (exact) mass is 539 g/mol. The third-order valence-corrected chi connectivity index (χ3v) is 9.19. The quantitative estimate of drug-likeness (QED) is 0.422. The number of piperazine rings is 1. The number of carbonyl (C=O) groups is 3. The summed E-state index contributed by atoms with van der Waals surface area (Å²) in [7, 11) is 0. The lowest BCUT2D eigenvalue weighted by Gasteiger charge is -2.36. The van der Waals surface area contributed by atoms with Crippen LogP contribution in [0, 0.1) is 11.3 Å². The number of fused-ring (bicyclic) bond motifs is 2. The van der Waals surface area contributed by atoms with Crippen molar-refractivity contribution in [1.82, 2.24) is 14.7 Å². The molecule has 2 atom stereocenters. The van der Waals surface area contributed by atoms with Crippen LogP contribution in [0.2, 0.25) is 0 Å². The summed E-state index contributed by atoms with van der Waals surface area (Å²) in [6.45, 7) is 4.55. The standard InChI is InChI=1S/C33H37N3O4/c1-33-16-7-3-2-4-15-29(33)36(23-25-12-8-11-24-10-5-6-13-26(24)25)31(38)27(33)22-30(37)34-17-19-35(20-18-34)32(39)28-14-9-21-40-28/h5-6,8-15,21,27H,2-4,7,16-20,22-23H2,1H3/b29-15+/t27-,33+/m1/s1. The summed E-state index contributed by atoms with van der Waals surface area (Å²) in [6.07, 6.45) is 9.15. The van der Waals surface area contributed by atoms with Crippen molar-refractivity contribution in [1.29, 1.82) is 0 Å². The smallest absolute Gasteiger partial charge is 0.289 e. The number of likely N-dealkylation sites (tertiary alicyclic amines) is 1. The first-order chi connectivity index (χ1) is 19.5. The van der Waals surface area contributed by atoms with Crippen molar-refractivity contribution in [3.8, 4) is 0 Å². The van der Waals surface area contributed by atoms with Gasteiger partial charge in [0.1, 0.15) is 0 Å². The number of carbonyl (C=O) groups excluding carboxylic acids is 3. The molecule has 2 fully saturated rings. The zero-order chi connectivity index (χ0) is 27.7. The van der Waals surface area contributed by atoms with Gasteiger partial charge in [0.25, 0.3) is 5.91 Å². The highest BCUT2D eigenvalue weighted by Crippen LogP contribution is 2.52. The summed E-state index contributed by atoms with van der Waals surface area (Å²) in [5.41, 5.74) is 1.85. The normalized spacial score (nSPS) is 24.8. The number of rotatable bonds is 5. The summed E-state index contributed by atoms with van der Waals surface area (Å²) in [4.78, 5) is 46.0. The van der Waals surface area contributed by atoms with E-state index in [4.69, 9.17) is 4.42 Å². The van der Waals surface area contributed by atoms with Gasteiger partial charge in [0.2, 0.25) is 11.8 Å². The van der Waals surface area contributed by atoms with Crippen LogP contribution in [0.25, 0.3) is 10.8 Å². The van der Waals surface area contributed by atoms with E-state index in [-0.39, 0.29) is 35.5 Å². The molecule has 7 heteroatoms. The molecule has 40 heavy (non-hydrogen) atoms. The van der Waals surface area contributed by atoms with E-state index in [1.165, 1.54) is 6.26 Å². The minimum atomic E-state index is -0.387. The van der Waals surface area contributed by atoms with E-state index in [1.807, 2.05) is 21.9 Å². The highest BCUT2D eigenvalue weighted by molar-refractivity contribution is 5.93. The van der Waals surface area contributed by atoms with Gasteiger partial charge in [-0.2, -0.15) is 0 Å². The van der Waals surface area contributed by atoms with E-state index in [9.17, 15) is 14.4 Å². The molecule has 2 aromatic carbocycles. The van der Waals surface area contributed by atoms with E-state index in [2.05, 4.69) is 43.3 Å². The second kappa shape index (κ2) is 11.0. The fourth-order valence-electron chi connectivity index (χ4n) is 6.86. The van der Waals surface area contributed by atoms with Crippen molar-refractivity contribution < 1.29 is 18.8 Å². The third-order valence-electron chi connectivity index (χ3n) is 9.19. The first-order valence-electron chi connectivity index (χ1n) is 14.5. The Hall–Kier alpha value is -3.87. The van der Waals surface area contributed by atoms with Crippen LogP contribution in [0.1, 0.15) is 61.6 Å². The SMILES string of the molecule is C[C@@]12CCCCC/C=C\1N(Cc1cccc3ccccc13)C(=O)[C@H]2CC(=O)N1CCN(C(=O)c2ccco2)CC1. The fraction of sp³-hybridized carbons (Fsp3) is 0.424. The summed E-state index contributed by atoms with van der Waals surface area (Å²) >= 11 is 0. The van der Waals surface area contributed by atoms with E-state index in [1.54, 1.807) is 17.0 Å². The molecule has 0 radical (unpaired) electrons. The second-order valence-electron chi connectivity index (χ2n) is 11.6. The van der Waals surface area contributed by atoms with Crippen molar-refractivity contribution in [3.05, 3.63) is 84.0 Å². The summed E-state index contributed by atoms with van der Waals surface area (Å²) in [5.74, 6) is -0.160.